The Morgan fingerprint density at radius 2 is 1.81 bits per heavy atom. The van der Waals surface area contributed by atoms with E-state index in [9.17, 15) is 4.39 Å². The van der Waals surface area contributed by atoms with Crippen molar-refractivity contribution in [3.63, 3.8) is 0 Å². The molecule has 0 radical (unpaired) electrons. The first-order valence-corrected chi connectivity index (χ1v) is 8.29. The van der Waals surface area contributed by atoms with Crippen molar-refractivity contribution in [2.45, 2.75) is 64.8 Å². The van der Waals surface area contributed by atoms with Crippen LogP contribution in [0.15, 0.2) is 18.2 Å². The fourth-order valence-corrected chi connectivity index (χ4v) is 2.66. The van der Waals surface area contributed by atoms with Gasteiger partial charge in [0.05, 0.1) is 7.11 Å². The zero-order chi connectivity index (χ0) is 15.5. The first-order valence-electron chi connectivity index (χ1n) is 8.29. The number of methoxy groups -OCH3 is 1. The molecule has 0 aromatic heterocycles. The predicted octanol–water partition coefficient (Wildman–Crippen LogP) is 5.24. The second-order valence-electron chi connectivity index (χ2n) is 5.56. The molecule has 1 atom stereocenters. The van der Waals surface area contributed by atoms with E-state index in [1.165, 1.54) is 45.6 Å². The van der Waals surface area contributed by atoms with E-state index in [1.54, 1.807) is 12.1 Å². The third-order valence-electron chi connectivity index (χ3n) is 3.88. The summed E-state index contributed by atoms with van der Waals surface area (Å²) < 4.78 is 18.8. The van der Waals surface area contributed by atoms with Gasteiger partial charge >= 0.3 is 0 Å². The maximum atomic E-state index is 13.8. The Morgan fingerprint density at radius 3 is 2.43 bits per heavy atom. The molecular weight excluding hydrogens is 265 g/mol. The maximum Gasteiger partial charge on any atom is 0.165 e. The molecule has 1 N–H and O–H groups in total. The predicted molar refractivity (Wildman–Crippen MR) is 87.4 cm³/mol. The summed E-state index contributed by atoms with van der Waals surface area (Å²) in [5.41, 5.74) is 1.02. The van der Waals surface area contributed by atoms with Crippen LogP contribution in [0.5, 0.6) is 5.75 Å². The lowest BCUT2D eigenvalue weighted by Gasteiger charge is -2.19. The zero-order valence-corrected chi connectivity index (χ0v) is 13.8. The van der Waals surface area contributed by atoms with Gasteiger partial charge in [0.1, 0.15) is 0 Å². The minimum absolute atomic E-state index is 0.238. The lowest BCUT2D eigenvalue weighted by Crippen LogP contribution is -2.21. The first kappa shape index (κ1) is 18.0. The van der Waals surface area contributed by atoms with Crippen molar-refractivity contribution in [2.75, 3.05) is 13.7 Å². The topological polar surface area (TPSA) is 21.3 Å². The quantitative estimate of drug-likeness (QED) is 0.564. The highest BCUT2D eigenvalue weighted by molar-refractivity contribution is 5.31. The third-order valence-corrected chi connectivity index (χ3v) is 3.88. The summed E-state index contributed by atoms with van der Waals surface area (Å²) in [6.07, 6.45) is 8.77. The number of nitrogens with one attached hydrogen (secondary N) is 1. The molecule has 1 unspecified atom stereocenters. The molecule has 1 rings (SSSR count). The van der Waals surface area contributed by atoms with E-state index < -0.39 is 0 Å². The van der Waals surface area contributed by atoms with Crippen LogP contribution in [0.2, 0.25) is 0 Å². The van der Waals surface area contributed by atoms with Crippen LogP contribution < -0.4 is 10.1 Å². The van der Waals surface area contributed by atoms with Gasteiger partial charge in [-0.1, -0.05) is 58.4 Å². The molecule has 1 aromatic rings. The fourth-order valence-electron chi connectivity index (χ4n) is 2.66. The van der Waals surface area contributed by atoms with Crippen LogP contribution in [0.4, 0.5) is 4.39 Å². The SMILES string of the molecule is CCCCCCCCC(NCC)c1ccc(OC)c(F)c1. The standard InChI is InChI=1S/C18H30FNO/c1-4-6-7-8-9-10-11-17(20-5-2)15-12-13-18(21-3)16(19)14-15/h12-14,17,20H,4-11H2,1-3H3. The van der Waals surface area contributed by atoms with Gasteiger partial charge < -0.3 is 10.1 Å². The van der Waals surface area contributed by atoms with Crippen LogP contribution in [-0.2, 0) is 0 Å². The normalized spacial score (nSPS) is 12.4. The molecule has 0 fully saturated rings. The number of halogens is 1. The number of rotatable bonds is 11. The van der Waals surface area contributed by atoms with Crippen LogP contribution in [0.1, 0.15) is 70.4 Å². The molecule has 120 valence electrons. The first-order chi connectivity index (χ1) is 10.2. The van der Waals surface area contributed by atoms with Crippen LogP contribution in [-0.4, -0.2) is 13.7 Å². The molecule has 0 spiro atoms. The van der Waals surface area contributed by atoms with Gasteiger partial charge in [0, 0.05) is 6.04 Å². The van der Waals surface area contributed by atoms with E-state index in [0.29, 0.717) is 5.75 Å². The largest absolute Gasteiger partial charge is 0.494 e. The average molecular weight is 295 g/mol. The maximum absolute atomic E-state index is 13.8. The smallest absolute Gasteiger partial charge is 0.165 e. The molecule has 0 aliphatic rings. The second kappa shape index (κ2) is 10.6. The molecule has 2 nitrogen and oxygen atoms in total. The summed E-state index contributed by atoms with van der Waals surface area (Å²) in [7, 11) is 1.50. The summed E-state index contributed by atoms with van der Waals surface area (Å²) in [5.74, 6) is 0.0365. The van der Waals surface area contributed by atoms with Gasteiger partial charge in [0.2, 0.25) is 0 Å². The summed E-state index contributed by atoms with van der Waals surface area (Å²) in [6, 6.07) is 5.52. The molecular formula is C18H30FNO. The monoisotopic (exact) mass is 295 g/mol. The molecule has 0 saturated carbocycles. The lowest BCUT2D eigenvalue weighted by atomic mass is 9.99. The minimum Gasteiger partial charge on any atom is -0.494 e. The number of hydrogen-bond donors (Lipinski definition) is 1. The molecule has 0 aliphatic heterocycles. The Kier molecular flexibility index (Phi) is 9.07. The average Bonchev–Trinajstić information content (AvgIpc) is 2.49. The number of ether oxygens (including phenoxy) is 1. The van der Waals surface area contributed by atoms with Crippen molar-refractivity contribution in [3.8, 4) is 5.75 Å². The van der Waals surface area contributed by atoms with Gasteiger partial charge in [-0.25, -0.2) is 4.39 Å². The molecule has 0 bridgehead atoms. The van der Waals surface area contributed by atoms with E-state index >= 15 is 0 Å². The van der Waals surface area contributed by atoms with Crippen LogP contribution in [0.3, 0.4) is 0 Å². The highest BCUT2D eigenvalue weighted by Gasteiger charge is 2.12. The third kappa shape index (κ3) is 6.47. The van der Waals surface area contributed by atoms with Crippen LogP contribution in [0.25, 0.3) is 0 Å². The molecule has 1 aromatic carbocycles. The molecule has 21 heavy (non-hydrogen) atoms. The number of benzene rings is 1. The van der Waals surface area contributed by atoms with Gasteiger partial charge in [-0.3, -0.25) is 0 Å². The van der Waals surface area contributed by atoms with Crippen molar-refractivity contribution in [2.24, 2.45) is 0 Å². The van der Waals surface area contributed by atoms with E-state index in [1.807, 2.05) is 6.07 Å². The fraction of sp³-hybridized carbons (Fsp3) is 0.667. The van der Waals surface area contributed by atoms with Gasteiger partial charge in [-0.2, -0.15) is 0 Å². The van der Waals surface area contributed by atoms with E-state index in [4.69, 9.17) is 4.74 Å². The van der Waals surface area contributed by atoms with Gasteiger partial charge in [0.15, 0.2) is 11.6 Å². The Morgan fingerprint density at radius 1 is 1.10 bits per heavy atom. The van der Waals surface area contributed by atoms with Crippen molar-refractivity contribution in [3.05, 3.63) is 29.6 Å². The summed E-state index contributed by atoms with van der Waals surface area (Å²) in [4.78, 5) is 0. The van der Waals surface area contributed by atoms with Crippen molar-refractivity contribution in [1.29, 1.82) is 0 Å². The van der Waals surface area contributed by atoms with E-state index in [0.717, 1.165) is 18.5 Å². The highest BCUT2D eigenvalue weighted by atomic mass is 19.1. The Balaban J connectivity index is 2.50. The molecule has 0 saturated heterocycles. The summed E-state index contributed by atoms with van der Waals surface area (Å²) >= 11 is 0. The van der Waals surface area contributed by atoms with Crippen molar-refractivity contribution >= 4 is 0 Å². The Labute approximate surface area is 129 Å². The molecule has 0 aliphatic carbocycles. The van der Waals surface area contributed by atoms with Gasteiger partial charge in [0.25, 0.3) is 0 Å². The molecule has 0 amide bonds. The number of unbranched alkanes of at least 4 members (excludes halogenated alkanes) is 5. The molecule has 3 heteroatoms. The van der Waals surface area contributed by atoms with Crippen LogP contribution in [0, 0.1) is 5.82 Å². The van der Waals surface area contributed by atoms with E-state index in [-0.39, 0.29) is 11.9 Å². The Hall–Kier alpha value is -1.09. The second-order valence-corrected chi connectivity index (χ2v) is 5.56. The number of hydrogen-bond acceptors (Lipinski definition) is 2. The minimum atomic E-state index is -0.277. The van der Waals surface area contributed by atoms with Crippen LogP contribution >= 0.6 is 0 Å². The van der Waals surface area contributed by atoms with Gasteiger partial charge in [-0.15, -0.1) is 0 Å². The van der Waals surface area contributed by atoms with Crippen molar-refractivity contribution < 1.29 is 9.13 Å². The highest BCUT2D eigenvalue weighted by Crippen LogP contribution is 2.25. The summed E-state index contributed by atoms with van der Waals surface area (Å²) in [5, 5.41) is 3.46. The Bertz CT molecular complexity index is 395. The zero-order valence-electron chi connectivity index (χ0n) is 13.8. The van der Waals surface area contributed by atoms with Gasteiger partial charge in [-0.05, 0) is 30.7 Å². The summed E-state index contributed by atoms with van der Waals surface area (Å²) in [6.45, 7) is 5.22. The molecule has 0 heterocycles. The van der Waals surface area contributed by atoms with Crippen molar-refractivity contribution in [1.82, 2.24) is 5.32 Å². The lowest BCUT2D eigenvalue weighted by molar-refractivity contribution is 0.385. The van der Waals surface area contributed by atoms with E-state index in [2.05, 4.69) is 19.2 Å².